The predicted molar refractivity (Wildman–Crippen MR) is 109 cm³/mol. The Bertz CT molecular complexity index is 788. The molecule has 5 nitrogen and oxygen atoms in total. The van der Waals surface area contributed by atoms with Gasteiger partial charge in [-0.05, 0) is 38.4 Å². The summed E-state index contributed by atoms with van der Waals surface area (Å²) in [6.45, 7) is 3.94. The van der Waals surface area contributed by atoms with Gasteiger partial charge in [0, 0.05) is 37.0 Å². The molecule has 1 aromatic carbocycles. The Morgan fingerprint density at radius 1 is 1.21 bits per heavy atom. The van der Waals surface area contributed by atoms with Crippen LogP contribution in [0.15, 0.2) is 40.9 Å². The summed E-state index contributed by atoms with van der Waals surface area (Å²) in [6, 6.07) is 13.1. The molecule has 0 spiro atoms. The van der Waals surface area contributed by atoms with Gasteiger partial charge in [-0.25, -0.2) is 0 Å². The Kier molecular flexibility index (Phi) is 5.81. The van der Waals surface area contributed by atoms with E-state index in [0.717, 1.165) is 38.1 Å². The SMILES string of the molecule is CCCc1cc(C(=O)N2C[C@@H](c3ccccc3)[C@H]3[C@H]2CCCCCN3C)no1. The van der Waals surface area contributed by atoms with Gasteiger partial charge in [-0.15, -0.1) is 0 Å². The second kappa shape index (κ2) is 8.48. The standard InChI is InChI=1S/C23H31N3O2/c1-3-10-18-15-20(24-28-18)23(27)26-16-19(17-11-6-4-7-12-17)22-21(26)13-8-5-9-14-25(22)2/h4,6-7,11-12,15,19,21-22H,3,5,8-10,13-14,16H2,1-2H3/t19-,21+,22-/m0/s1. The number of likely N-dealkylation sites (tertiary alicyclic amines) is 2. The Morgan fingerprint density at radius 2 is 2.04 bits per heavy atom. The molecule has 2 aromatic rings. The summed E-state index contributed by atoms with van der Waals surface area (Å²) in [5.41, 5.74) is 1.78. The van der Waals surface area contributed by atoms with Gasteiger partial charge < -0.3 is 14.3 Å². The lowest BCUT2D eigenvalue weighted by molar-refractivity contribution is 0.0659. The molecular weight excluding hydrogens is 350 g/mol. The number of carbonyl (C=O) groups excluding carboxylic acids is 1. The van der Waals surface area contributed by atoms with Crippen molar-refractivity contribution in [3.05, 3.63) is 53.4 Å². The molecule has 2 aliphatic heterocycles. The zero-order valence-corrected chi connectivity index (χ0v) is 17.0. The molecule has 3 atom stereocenters. The lowest BCUT2D eigenvalue weighted by atomic mass is 9.87. The summed E-state index contributed by atoms with van der Waals surface area (Å²) >= 11 is 0. The number of benzene rings is 1. The lowest BCUT2D eigenvalue weighted by Gasteiger charge is -2.36. The van der Waals surface area contributed by atoms with Gasteiger partial charge in [0.25, 0.3) is 5.91 Å². The van der Waals surface area contributed by atoms with E-state index >= 15 is 0 Å². The van der Waals surface area contributed by atoms with E-state index in [2.05, 4.69) is 59.3 Å². The Hall–Kier alpha value is -2.14. The number of aryl methyl sites for hydroxylation is 1. The molecule has 0 unspecified atom stereocenters. The third kappa shape index (κ3) is 3.72. The van der Waals surface area contributed by atoms with Crippen LogP contribution in [0.3, 0.4) is 0 Å². The molecule has 3 heterocycles. The van der Waals surface area contributed by atoms with E-state index in [9.17, 15) is 4.79 Å². The molecule has 1 aromatic heterocycles. The first-order valence-electron chi connectivity index (χ1n) is 10.7. The average molecular weight is 382 g/mol. The van der Waals surface area contributed by atoms with Crippen LogP contribution in [0.25, 0.3) is 0 Å². The number of amides is 1. The summed E-state index contributed by atoms with van der Waals surface area (Å²) < 4.78 is 5.39. The predicted octanol–water partition coefficient (Wildman–Crippen LogP) is 4.11. The van der Waals surface area contributed by atoms with E-state index in [-0.39, 0.29) is 11.9 Å². The van der Waals surface area contributed by atoms with Crippen LogP contribution in [0.4, 0.5) is 0 Å². The molecule has 1 amide bonds. The average Bonchev–Trinajstić information content (AvgIpc) is 3.31. The van der Waals surface area contributed by atoms with Crippen LogP contribution in [-0.2, 0) is 6.42 Å². The molecule has 0 N–H and O–H groups in total. The molecule has 2 saturated heterocycles. The van der Waals surface area contributed by atoms with Crippen molar-refractivity contribution < 1.29 is 9.32 Å². The van der Waals surface area contributed by atoms with Gasteiger partial charge in [-0.2, -0.15) is 0 Å². The monoisotopic (exact) mass is 381 g/mol. The van der Waals surface area contributed by atoms with E-state index in [4.69, 9.17) is 4.52 Å². The van der Waals surface area contributed by atoms with Crippen molar-refractivity contribution in [2.24, 2.45) is 0 Å². The second-order valence-corrected chi connectivity index (χ2v) is 8.29. The van der Waals surface area contributed by atoms with Gasteiger partial charge >= 0.3 is 0 Å². The maximum Gasteiger partial charge on any atom is 0.276 e. The third-order valence-electron chi connectivity index (χ3n) is 6.38. The van der Waals surface area contributed by atoms with Crippen molar-refractivity contribution >= 4 is 5.91 Å². The first-order valence-corrected chi connectivity index (χ1v) is 10.7. The quantitative estimate of drug-likeness (QED) is 0.800. The minimum atomic E-state index is 0.0218. The van der Waals surface area contributed by atoms with Crippen LogP contribution in [0.1, 0.15) is 66.8 Å². The molecule has 28 heavy (non-hydrogen) atoms. The summed E-state index contributed by atoms with van der Waals surface area (Å²) in [6.07, 6.45) is 6.51. The van der Waals surface area contributed by atoms with Crippen molar-refractivity contribution in [1.82, 2.24) is 15.0 Å². The minimum absolute atomic E-state index is 0.0218. The van der Waals surface area contributed by atoms with Crippen molar-refractivity contribution in [1.29, 1.82) is 0 Å². The number of hydrogen-bond acceptors (Lipinski definition) is 4. The van der Waals surface area contributed by atoms with Crippen LogP contribution in [0, 0.1) is 0 Å². The topological polar surface area (TPSA) is 49.6 Å². The van der Waals surface area contributed by atoms with Crippen molar-refractivity contribution in [3.63, 3.8) is 0 Å². The fourth-order valence-electron chi connectivity index (χ4n) is 5.04. The van der Waals surface area contributed by atoms with Crippen molar-refractivity contribution in [2.45, 2.75) is 63.5 Å². The summed E-state index contributed by atoms with van der Waals surface area (Å²) in [5, 5.41) is 4.10. The molecule has 150 valence electrons. The fourth-order valence-corrected chi connectivity index (χ4v) is 5.04. The number of aromatic nitrogens is 1. The Labute approximate surface area is 167 Å². The van der Waals surface area contributed by atoms with Crippen LogP contribution in [0.2, 0.25) is 0 Å². The molecule has 0 aliphatic carbocycles. The van der Waals surface area contributed by atoms with Gasteiger partial charge in [0.15, 0.2) is 5.69 Å². The van der Waals surface area contributed by atoms with E-state index in [1.54, 1.807) is 0 Å². The van der Waals surface area contributed by atoms with Gasteiger partial charge in [-0.3, -0.25) is 4.79 Å². The van der Waals surface area contributed by atoms with Crippen molar-refractivity contribution in [2.75, 3.05) is 20.1 Å². The van der Waals surface area contributed by atoms with E-state index in [0.29, 0.717) is 17.7 Å². The fraction of sp³-hybridized carbons (Fsp3) is 0.565. The molecular formula is C23H31N3O2. The molecule has 0 bridgehead atoms. The Morgan fingerprint density at radius 3 is 2.82 bits per heavy atom. The second-order valence-electron chi connectivity index (χ2n) is 8.29. The summed E-state index contributed by atoms with van der Waals surface area (Å²) in [7, 11) is 2.22. The summed E-state index contributed by atoms with van der Waals surface area (Å²) in [4.78, 5) is 18.0. The van der Waals surface area contributed by atoms with Crippen LogP contribution in [0.5, 0.6) is 0 Å². The number of likely N-dealkylation sites (N-methyl/N-ethyl adjacent to an activating group) is 1. The molecule has 0 radical (unpaired) electrons. The number of nitrogens with zero attached hydrogens (tertiary/aromatic N) is 3. The Balaban J connectivity index is 1.65. The highest BCUT2D eigenvalue weighted by Crippen LogP contribution is 2.39. The van der Waals surface area contributed by atoms with E-state index < -0.39 is 0 Å². The van der Waals surface area contributed by atoms with Gasteiger partial charge in [0.1, 0.15) is 5.76 Å². The molecule has 4 rings (SSSR count). The largest absolute Gasteiger partial charge is 0.361 e. The molecule has 5 heteroatoms. The number of carbonyl (C=O) groups is 1. The van der Waals surface area contributed by atoms with E-state index in [1.165, 1.54) is 24.8 Å². The zero-order valence-electron chi connectivity index (χ0n) is 17.0. The third-order valence-corrected chi connectivity index (χ3v) is 6.38. The lowest BCUT2D eigenvalue weighted by Crippen LogP contribution is -2.47. The molecule has 0 saturated carbocycles. The smallest absolute Gasteiger partial charge is 0.276 e. The highest BCUT2D eigenvalue weighted by molar-refractivity contribution is 5.93. The van der Waals surface area contributed by atoms with Crippen LogP contribution >= 0.6 is 0 Å². The molecule has 2 aliphatic rings. The van der Waals surface area contributed by atoms with Gasteiger partial charge in [0.05, 0.1) is 0 Å². The normalized spacial score (nSPS) is 25.9. The highest BCUT2D eigenvalue weighted by atomic mass is 16.5. The van der Waals surface area contributed by atoms with Crippen LogP contribution < -0.4 is 0 Å². The molecule has 2 fully saturated rings. The van der Waals surface area contributed by atoms with Crippen molar-refractivity contribution in [3.8, 4) is 0 Å². The zero-order chi connectivity index (χ0) is 19.5. The maximum absolute atomic E-state index is 13.4. The minimum Gasteiger partial charge on any atom is -0.361 e. The highest BCUT2D eigenvalue weighted by Gasteiger charge is 2.46. The maximum atomic E-state index is 13.4. The number of hydrogen-bond donors (Lipinski definition) is 0. The van der Waals surface area contributed by atoms with Gasteiger partial charge in [-0.1, -0.05) is 55.3 Å². The first-order chi connectivity index (χ1) is 13.7. The van der Waals surface area contributed by atoms with Gasteiger partial charge in [0.2, 0.25) is 0 Å². The summed E-state index contributed by atoms with van der Waals surface area (Å²) in [5.74, 6) is 1.16. The van der Waals surface area contributed by atoms with E-state index in [1.807, 2.05) is 6.07 Å². The number of rotatable bonds is 4. The number of fused-ring (bicyclic) bond motifs is 1. The first kappa shape index (κ1) is 19.2. The van der Waals surface area contributed by atoms with Crippen LogP contribution in [-0.4, -0.2) is 53.1 Å².